The van der Waals surface area contributed by atoms with Gasteiger partial charge in [-0.15, -0.1) is 0 Å². The van der Waals surface area contributed by atoms with Gasteiger partial charge >= 0.3 is 0 Å². The highest BCUT2D eigenvalue weighted by atomic mass is 32.1. The van der Waals surface area contributed by atoms with Gasteiger partial charge in [-0.3, -0.25) is 0 Å². The summed E-state index contributed by atoms with van der Waals surface area (Å²) in [6.07, 6.45) is -0.603. The smallest absolute Gasteiger partial charge is 0.131 e. The predicted molar refractivity (Wildman–Crippen MR) is 73.8 cm³/mol. The molecule has 0 bridgehead atoms. The van der Waals surface area contributed by atoms with Crippen molar-refractivity contribution in [2.45, 2.75) is 19.1 Å². The van der Waals surface area contributed by atoms with Crippen LogP contribution in [0.5, 0.6) is 5.75 Å². The first kappa shape index (κ1) is 14.0. The standard InChI is InChI=1S/C14H16FNO2S/c1-9(12-3-2-11(17)6-13(12)15)16-7-14(18)10-4-5-19-8-10/h2-6,8-9,14,16-18H,7H2,1H3. The fourth-order valence-electron chi connectivity index (χ4n) is 1.85. The van der Waals surface area contributed by atoms with Crippen molar-refractivity contribution in [1.29, 1.82) is 0 Å². The van der Waals surface area contributed by atoms with Crippen molar-refractivity contribution in [3.05, 3.63) is 52.0 Å². The molecule has 2 aromatic rings. The van der Waals surface area contributed by atoms with E-state index in [0.29, 0.717) is 12.1 Å². The van der Waals surface area contributed by atoms with E-state index in [1.54, 1.807) is 6.07 Å². The van der Waals surface area contributed by atoms with Crippen molar-refractivity contribution in [2.75, 3.05) is 6.54 Å². The molecule has 0 saturated heterocycles. The van der Waals surface area contributed by atoms with Gasteiger partial charge in [0, 0.05) is 24.2 Å². The third-order valence-electron chi connectivity index (χ3n) is 3.00. The molecule has 0 aliphatic rings. The van der Waals surface area contributed by atoms with Crippen molar-refractivity contribution in [2.24, 2.45) is 0 Å². The molecule has 1 aromatic heterocycles. The topological polar surface area (TPSA) is 52.5 Å². The monoisotopic (exact) mass is 281 g/mol. The average molecular weight is 281 g/mol. The number of nitrogens with one attached hydrogen (secondary N) is 1. The second kappa shape index (κ2) is 6.14. The minimum absolute atomic E-state index is 0.0910. The number of phenols is 1. The molecule has 19 heavy (non-hydrogen) atoms. The van der Waals surface area contributed by atoms with Crippen LogP contribution >= 0.6 is 11.3 Å². The first-order chi connectivity index (χ1) is 9.08. The highest BCUT2D eigenvalue weighted by Crippen LogP contribution is 2.22. The van der Waals surface area contributed by atoms with Gasteiger partial charge in [-0.2, -0.15) is 11.3 Å². The zero-order valence-electron chi connectivity index (χ0n) is 10.5. The number of aliphatic hydroxyl groups excluding tert-OH is 1. The number of thiophene rings is 1. The van der Waals surface area contributed by atoms with Crippen LogP contribution < -0.4 is 5.32 Å². The molecule has 0 radical (unpaired) electrons. The van der Waals surface area contributed by atoms with Gasteiger partial charge in [0.05, 0.1) is 6.10 Å². The summed E-state index contributed by atoms with van der Waals surface area (Å²) in [5.41, 5.74) is 1.33. The van der Waals surface area contributed by atoms with Crippen molar-refractivity contribution in [1.82, 2.24) is 5.32 Å². The first-order valence-electron chi connectivity index (χ1n) is 6.00. The Hall–Kier alpha value is -1.43. The summed E-state index contributed by atoms with van der Waals surface area (Å²) in [7, 11) is 0. The molecular weight excluding hydrogens is 265 g/mol. The molecule has 1 heterocycles. The molecule has 0 fully saturated rings. The lowest BCUT2D eigenvalue weighted by Crippen LogP contribution is -2.25. The Kier molecular flexibility index (Phi) is 4.52. The van der Waals surface area contributed by atoms with E-state index >= 15 is 0 Å². The van der Waals surface area contributed by atoms with Crippen LogP contribution in [0.4, 0.5) is 4.39 Å². The molecule has 0 aliphatic carbocycles. The van der Waals surface area contributed by atoms with E-state index in [9.17, 15) is 9.50 Å². The predicted octanol–water partition coefficient (Wildman–Crippen LogP) is 2.98. The molecular formula is C14H16FNO2S. The van der Waals surface area contributed by atoms with Crippen LogP contribution in [0.25, 0.3) is 0 Å². The molecule has 0 saturated carbocycles. The second-order valence-corrected chi connectivity index (χ2v) is 5.19. The third-order valence-corrected chi connectivity index (χ3v) is 3.70. The first-order valence-corrected chi connectivity index (χ1v) is 6.94. The van der Waals surface area contributed by atoms with E-state index in [1.807, 2.05) is 23.8 Å². The van der Waals surface area contributed by atoms with E-state index in [4.69, 9.17) is 5.11 Å². The Bertz CT molecular complexity index is 530. The van der Waals surface area contributed by atoms with Crippen molar-refractivity contribution >= 4 is 11.3 Å². The summed E-state index contributed by atoms with van der Waals surface area (Å²) in [4.78, 5) is 0. The lowest BCUT2D eigenvalue weighted by molar-refractivity contribution is 0.171. The van der Waals surface area contributed by atoms with Crippen molar-refractivity contribution in [3.8, 4) is 5.75 Å². The molecule has 0 aliphatic heterocycles. The van der Waals surface area contributed by atoms with Crippen LogP contribution in [0.15, 0.2) is 35.0 Å². The second-order valence-electron chi connectivity index (χ2n) is 4.41. The Labute approximate surface area is 115 Å². The third kappa shape index (κ3) is 3.53. The lowest BCUT2D eigenvalue weighted by atomic mass is 10.1. The summed E-state index contributed by atoms with van der Waals surface area (Å²) in [5, 5.41) is 26.0. The average Bonchev–Trinajstić information content (AvgIpc) is 2.89. The van der Waals surface area contributed by atoms with Crippen molar-refractivity contribution < 1.29 is 14.6 Å². The fraction of sp³-hybridized carbons (Fsp3) is 0.286. The molecule has 3 nitrogen and oxygen atoms in total. The highest BCUT2D eigenvalue weighted by Gasteiger charge is 2.14. The van der Waals surface area contributed by atoms with Gasteiger partial charge in [0.1, 0.15) is 11.6 Å². The number of aliphatic hydroxyl groups is 1. The summed E-state index contributed by atoms with van der Waals surface area (Å²) in [6.45, 7) is 2.16. The maximum Gasteiger partial charge on any atom is 0.131 e. The van der Waals surface area contributed by atoms with Gasteiger partial charge in [0.15, 0.2) is 0 Å². The molecule has 2 atom stereocenters. The van der Waals surface area contributed by atoms with Crippen LogP contribution in [-0.4, -0.2) is 16.8 Å². The van der Waals surface area contributed by atoms with Gasteiger partial charge in [-0.25, -0.2) is 4.39 Å². The minimum Gasteiger partial charge on any atom is -0.508 e. The minimum atomic E-state index is -0.603. The zero-order chi connectivity index (χ0) is 13.8. The largest absolute Gasteiger partial charge is 0.508 e. The maximum atomic E-state index is 13.6. The normalized spacial score (nSPS) is 14.3. The van der Waals surface area contributed by atoms with E-state index in [0.717, 1.165) is 11.6 Å². The van der Waals surface area contributed by atoms with E-state index in [2.05, 4.69) is 5.32 Å². The van der Waals surface area contributed by atoms with Gasteiger partial charge < -0.3 is 15.5 Å². The zero-order valence-corrected chi connectivity index (χ0v) is 11.3. The lowest BCUT2D eigenvalue weighted by Gasteiger charge is -2.17. The summed E-state index contributed by atoms with van der Waals surface area (Å²) >= 11 is 1.53. The number of rotatable bonds is 5. The summed E-state index contributed by atoms with van der Waals surface area (Å²) in [5.74, 6) is -0.545. The molecule has 2 rings (SSSR count). The molecule has 5 heteroatoms. The summed E-state index contributed by atoms with van der Waals surface area (Å²) in [6, 6.07) is 5.70. The van der Waals surface area contributed by atoms with Crippen LogP contribution in [0.1, 0.15) is 30.2 Å². The van der Waals surface area contributed by atoms with Crippen LogP contribution in [0, 0.1) is 5.82 Å². The molecule has 102 valence electrons. The number of hydrogen-bond donors (Lipinski definition) is 3. The Morgan fingerprint density at radius 2 is 2.16 bits per heavy atom. The Morgan fingerprint density at radius 3 is 2.79 bits per heavy atom. The van der Waals surface area contributed by atoms with Crippen molar-refractivity contribution in [3.63, 3.8) is 0 Å². The molecule has 2 unspecified atom stereocenters. The van der Waals surface area contributed by atoms with E-state index in [1.165, 1.54) is 17.4 Å². The molecule has 0 spiro atoms. The number of phenolic OH excluding ortho intramolecular Hbond substituents is 1. The fourth-order valence-corrected chi connectivity index (χ4v) is 2.56. The SMILES string of the molecule is CC(NCC(O)c1ccsc1)c1ccc(O)cc1F. The van der Waals surface area contributed by atoms with Gasteiger partial charge in [-0.05, 0) is 35.4 Å². The number of hydrogen-bond acceptors (Lipinski definition) is 4. The van der Waals surface area contributed by atoms with Gasteiger partial charge in [0.25, 0.3) is 0 Å². The molecule has 3 N–H and O–H groups in total. The quantitative estimate of drug-likeness (QED) is 0.789. The molecule has 0 amide bonds. The molecule has 1 aromatic carbocycles. The number of benzene rings is 1. The maximum absolute atomic E-state index is 13.6. The van der Waals surface area contributed by atoms with Gasteiger partial charge in [0.2, 0.25) is 0 Å². The Morgan fingerprint density at radius 1 is 1.37 bits per heavy atom. The summed E-state index contributed by atoms with van der Waals surface area (Å²) < 4.78 is 13.6. The number of halogens is 1. The highest BCUT2D eigenvalue weighted by molar-refractivity contribution is 7.07. The number of aromatic hydroxyl groups is 1. The van der Waals surface area contributed by atoms with E-state index in [-0.39, 0.29) is 11.8 Å². The van der Waals surface area contributed by atoms with Crippen LogP contribution in [-0.2, 0) is 0 Å². The van der Waals surface area contributed by atoms with Gasteiger partial charge in [-0.1, -0.05) is 6.07 Å². The van der Waals surface area contributed by atoms with Crippen LogP contribution in [0.2, 0.25) is 0 Å². The van der Waals surface area contributed by atoms with E-state index < -0.39 is 11.9 Å². The van der Waals surface area contributed by atoms with Crippen LogP contribution in [0.3, 0.4) is 0 Å². The Balaban J connectivity index is 1.96.